The van der Waals surface area contributed by atoms with Gasteiger partial charge in [-0.15, -0.1) is 0 Å². The Morgan fingerprint density at radius 2 is 1.55 bits per heavy atom. The summed E-state index contributed by atoms with van der Waals surface area (Å²) in [5, 5.41) is 0. The molecule has 4 rings (SSSR count). The van der Waals surface area contributed by atoms with Crippen molar-refractivity contribution >= 4 is 34.4 Å². The first-order valence-electron chi connectivity index (χ1n) is 9.12. The number of fused-ring (bicyclic) bond motifs is 1. The smallest absolute Gasteiger partial charge is 0.339 e. The molecule has 4 aromatic rings. The Labute approximate surface area is 167 Å². The van der Waals surface area contributed by atoms with Crippen LogP contribution in [-0.4, -0.2) is 23.0 Å². The van der Waals surface area contributed by atoms with E-state index in [0.717, 1.165) is 0 Å². The van der Waals surface area contributed by atoms with Gasteiger partial charge in [-0.1, -0.05) is 36.4 Å². The second kappa shape index (κ2) is 7.98. The first kappa shape index (κ1) is 18.4. The third-order valence-electron chi connectivity index (χ3n) is 4.45. The molecule has 0 fully saturated rings. The zero-order valence-electron chi connectivity index (χ0n) is 15.7. The Bertz CT molecular complexity index is 1100. The summed E-state index contributed by atoms with van der Waals surface area (Å²) < 4.78 is 10.7. The molecule has 1 unspecified atom stereocenters. The summed E-state index contributed by atoms with van der Waals surface area (Å²) in [5.74, 6) is -0.957. The molecule has 0 radical (unpaired) electrons. The van der Waals surface area contributed by atoms with Gasteiger partial charge in [0.15, 0.2) is 18.1 Å². The van der Waals surface area contributed by atoms with Gasteiger partial charge in [0.2, 0.25) is 0 Å². The van der Waals surface area contributed by atoms with E-state index in [9.17, 15) is 9.59 Å². The molecule has 1 heterocycles. The third-order valence-corrected chi connectivity index (χ3v) is 4.45. The maximum Gasteiger partial charge on any atom is 0.339 e. The minimum Gasteiger partial charge on any atom is -0.449 e. The van der Waals surface area contributed by atoms with Crippen LogP contribution in [0.2, 0.25) is 0 Å². The lowest BCUT2D eigenvalue weighted by atomic mass is 10.2. The lowest BCUT2D eigenvalue weighted by Gasteiger charge is -2.26. The van der Waals surface area contributed by atoms with Crippen LogP contribution in [0.3, 0.4) is 0 Å². The topological polar surface area (TPSA) is 72.6 Å². The van der Waals surface area contributed by atoms with E-state index in [1.807, 2.05) is 60.7 Å². The highest BCUT2D eigenvalue weighted by Crippen LogP contribution is 2.26. The SMILES string of the molecule is CC(OC(=O)c1ccc2ncoc2c1)C(=O)N(c1ccccc1)c1ccccc1. The number of hydrogen-bond acceptors (Lipinski definition) is 5. The van der Waals surface area contributed by atoms with Crippen LogP contribution < -0.4 is 4.90 Å². The third kappa shape index (κ3) is 3.87. The van der Waals surface area contributed by atoms with Crippen molar-refractivity contribution in [3.05, 3.63) is 90.8 Å². The molecule has 144 valence electrons. The van der Waals surface area contributed by atoms with E-state index < -0.39 is 12.1 Å². The van der Waals surface area contributed by atoms with Crippen LogP contribution in [0.25, 0.3) is 11.1 Å². The van der Waals surface area contributed by atoms with Crippen molar-refractivity contribution in [2.45, 2.75) is 13.0 Å². The Kier molecular flexibility index (Phi) is 5.07. The summed E-state index contributed by atoms with van der Waals surface area (Å²) in [4.78, 5) is 31.3. The van der Waals surface area contributed by atoms with Crippen molar-refractivity contribution in [1.29, 1.82) is 0 Å². The van der Waals surface area contributed by atoms with Crippen LogP contribution in [0, 0.1) is 0 Å². The Morgan fingerprint density at radius 3 is 2.17 bits per heavy atom. The number of esters is 1. The average molecular weight is 386 g/mol. The summed E-state index contributed by atoms with van der Waals surface area (Å²) in [6, 6.07) is 23.3. The Balaban J connectivity index is 1.57. The van der Waals surface area contributed by atoms with Gasteiger partial charge in [0.1, 0.15) is 5.52 Å². The van der Waals surface area contributed by atoms with Crippen molar-refractivity contribution in [2.24, 2.45) is 0 Å². The first-order valence-corrected chi connectivity index (χ1v) is 9.12. The number of carbonyl (C=O) groups is 2. The zero-order chi connectivity index (χ0) is 20.2. The second-order valence-electron chi connectivity index (χ2n) is 6.43. The summed E-state index contributed by atoms with van der Waals surface area (Å²) >= 11 is 0. The number of anilines is 2. The highest BCUT2D eigenvalue weighted by Gasteiger charge is 2.27. The highest BCUT2D eigenvalue weighted by molar-refractivity contribution is 6.04. The van der Waals surface area contributed by atoms with Crippen LogP contribution in [0.4, 0.5) is 11.4 Å². The largest absolute Gasteiger partial charge is 0.449 e. The van der Waals surface area contributed by atoms with Gasteiger partial charge in [0.25, 0.3) is 5.91 Å². The van der Waals surface area contributed by atoms with E-state index in [4.69, 9.17) is 9.15 Å². The molecule has 6 nitrogen and oxygen atoms in total. The number of para-hydroxylation sites is 2. The standard InChI is InChI=1S/C23H18N2O4/c1-16(29-23(27)17-12-13-20-21(14-17)28-15-24-20)22(26)25(18-8-4-2-5-9-18)19-10-6-3-7-11-19/h2-16H,1H3. The Morgan fingerprint density at radius 1 is 0.931 bits per heavy atom. The average Bonchev–Trinajstić information content (AvgIpc) is 3.23. The summed E-state index contributed by atoms with van der Waals surface area (Å²) in [6.07, 6.45) is 0.317. The predicted molar refractivity (Wildman–Crippen MR) is 109 cm³/mol. The van der Waals surface area contributed by atoms with E-state index in [1.165, 1.54) is 11.3 Å². The molecule has 1 aromatic heterocycles. The molecule has 0 N–H and O–H groups in total. The van der Waals surface area contributed by atoms with Crippen molar-refractivity contribution < 1.29 is 18.7 Å². The molecule has 6 heteroatoms. The molecule has 1 amide bonds. The number of amides is 1. The van der Waals surface area contributed by atoms with Gasteiger partial charge in [0.05, 0.1) is 5.56 Å². The fourth-order valence-electron chi connectivity index (χ4n) is 3.00. The molecule has 29 heavy (non-hydrogen) atoms. The van der Waals surface area contributed by atoms with Crippen molar-refractivity contribution in [3.63, 3.8) is 0 Å². The molecule has 0 aliphatic carbocycles. The number of hydrogen-bond donors (Lipinski definition) is 0. The van der Waals surface area contributed by atoms with Gasteiger partial charge in [0, 0.05) is 11.4 Å². The normalized spacial score (nSPS) is 11.8. The number of carbonyl (C=O) groups excluding carboxylic acids is 2. The number of benzene rings is 3. The first-order chi connectivity index (χ1) is 14.1. The lowest BCUT2D eigenvalue weighted by molar-refractivity contribution is -0.125. The van der Waals surface area contributed by atoms with E-state index in [-0.39, 0.29) is 5.91 Å². The van der Waals surface area contributed by atoms with E-state index in [1.54, 1.807) is 25.1 Å². The summed E-state index contributed by atoms with van der Waals surface area (Å²) in [5.41, 5.74) is 2.79. The van der Waals surface area contributed by atoms with E-state index in [0.29, 0.717) is 28.0 Å². The summed E-state index contributed by atoms with van der Waals surface area (Å²) in [6.45, 7) is 1.56. The molecule has 0 saturated carbocycles. The number of rotatable bonds is 5. The summed E-state index contributed by atoms with van der Waals surface area (Å²) in [7, 11) is 0. The molecule has 0 aliphatic heterocycles. The quantitative estimate of drug-likeness (QED) is 0.463. The number of aromatic nitrogens is 1. The van der Waals surface area contributed by atoms with Crippen LogP contribution in [0.15, 0.2) is 89.7 Å². The monoisotopic (exact) mass is 386 g/mol. The fraction of sp³-hybridized carbons (Fsp3) is 0.0870. The van der Waals surface area contributed by atoms with Gasteiger partial charge in [-0.3, -0.25) is 9.69 Å². The van der Waals surface area contributed by atoms with Gasteiger partial charge < -0.3 is 9.15 Å². The van der Waals surface area contributed by atoms with Crippen LogP contribution >= 0.6 is 0 Å². The molecule has 0 bridgehead atoms. The van der Waals surface area contributed by atoms with Crippen LogP contribution in [0.1, 0.15) is 17.3 Å². The second-order valence-corrected chi connectivity index (χ2v) is 6.43. The van der Waals surface area contributed by atoms with Crippen LogP contribution in [0.5, 0.6) is 0 Å². The van der Waals surface area contributed by atoms with Gasteiger partial charge >= 0.3 is 5.97 Å². The molecule has 0 spiro atoms. The van der Waals surface area contributed by atoms with E-state index >= 15 is 0 Å². The lowest BCUT2D eigenvalue weighted by Crippen LogP contribution is -2.37. The van der Waals surface area contributed by atoms with Crippen molar-refractivity contribution in [3.8, 4) is 0 Å². The maximum absolute atomic E-state index is 13.2. The zero-order valence-corrected chi connectivity index (χ0v) is 15.7. The van der Waals surface area contributed by atoms with Crippen molar-refractivity contribution in [1.82, 2.24) is 4.98 Å². The molecular weight excluding hydrogens is 368 g/mol. The van der Waals surface area contributed by atoms with Crippen molar-refractivity contribution in [2.75, 3.05) is 4.90 Å². The maximum atomic E-state index is 13.2. The molecule has 1 atom stereocenters. The molecule has 0 aliphatic rings. The molecular formula is C23H18N2O4. The molecule has 3 aromatic carbocycles. The highest BCUT2D eigenvalue weighted by atomic mass is 16.5. The van der Waals surface area contributed by atoms with Crippen LogP contribution in [-0.2, 0) is 9.53 Å². The number of nitrogens with zero attached hydrogens (tertiary/aromatic N) is 2. The van der Waals surface area contributed by atoms with E-state index in [2.05, 4.69) is 4.98 Å². The fourth-order valence-corrected chi connectivity index (χ4v) is 3.00. The molecule has 0 saturated heterocycles. The van der Waals surface area contributed by atoms with Gasteiger partial charge in [-0.2, -0.15) is 0 Å². The minimum absolute atomic E-state index is 0.292. The number of oxazole rings is 1. The Hall–Kier alpha value is -3.93. The van der Waals surface area contributed by atoms with Gasteiger partial charge in [-0.05, 0) is 49.4 Å². The number of ether oxygens (including phenoxy) is 1. The predicted octanol–water partition coefficient (Wildman–Crippen LogP) is 4.74. The van der Waals surface area contributed by atoms with Gasteiger partial charge in [-0.25, -0.2) is 9.78 Å². The minimum atomic E-state index is -0.992.